The van der Waals surface area contributed by atoms with E-state index in [1.807, 2.05) is 11.0 Å². The first kappa shape index (κ1) is 16.1. The first-order chi connectivity index (χ1) is 11.0. The second-order valence-electron chi connectivity index (χ2n) is 4.95. The highest BCUT2D eigenvalue weighted by atomic mass is 35.5. The zero-order valence-corrected chi connectivity index (χ0v) is 14.3. The zero-order chi connectivity index (χ0) is 16.4. The van der Waals surface area contributed by atoms with Crippen molar-refractivity contribution in [2.75, 3.05) is 29.3 Å². The van der Waals surface area contributed by atoms with E-state index in [2.05, 4.69) is 10.0 Å². The van der Waals surface area contributed by atoms with Crippen molar-refractivity contribution in [3.63, 3.8) is 0 Å². The van der Waals surface area contributed by atoms with Gasteiger partial charge in [-0.25, -0.2) is 8.42 Å². The number of nitrogens with one attached hydrogen (secondary N) is 2. The monoisotopic (exact) mass is 371 g/mol. The molecule has 1 saturated heterocycles. The van der Waals surface area contributed by atoms with Crippen LogP contribution in [0.1, 0.15) is 0 Å². The summed E-state index contributed by atoms with van der Waals surface area (Å²) in [6, 6.07) is 10.0. The van der Waals surface area contributed by atoms with Crippen molar-refractivity contribution < 1.29 is 13.2 Å². The molecule has 1 fully saturated rings. The maximum absolute atomic E-state index is 12.5. The van der Waals surface area contributed by atoms with Gasteiger partial charge in [0.2, 0.25) is 5.91 Å². The quantitative estimate of drug-likeness (QED) is 0.863. The molecule has 1 aliphatic rings. The molecule has 0 atom stereocenters. The number of para-hydroxylation sites is 2. The van der Waals surface area contributed by atoms with E-state index in [0.717, 1.165) is 11.3 Å². The lowest BCUT2D eigenvalue weighted by Gasteiger charge is -2.30. The highest BCUT2D eigenvalue weighted by Crippen LogP contribution is 2.31. The molecule has 2 aromatic rings. The van der Waals surface area contributed by atoms with Crippen LogP contribution >= 0.6 is 22.9 Å². The van der Waals surface area contributed by atoms with Crippen LogP contribution in [-0.4, -0.2) is 34.0 Å². The smallest absolute Gasteiger partial charge is 0.271 e. The predicted octanol–water partition coefficient (Wildman–Crippen LogP) is 2.14. The molecule has 1 amide bonds. The fraction of sp³-hybridized carbons (Fsp3) is 0.214. The first-order valence-corrected chi connectivity index (χ1v) is 9.52. The average molecular weight is 372 g/mol. The van der Waals surface area contributed by atoms with Gasteiger partial charge in [0.15, 0.2) is 0 Å². The van der Waals surface area contributed by atoms with Crippen LogP contribution in [0.15, 0.2) is 40.6 Å². The average Bonchev–Trinajstić information content (AvgIpc) is 2.95. The number of thiophene rings is 1. The van der Waals surface area contributed by atoms with Gasteiger partial charge < -0.3 is 10.2 Å². The molecule has 0 spiro atoms. The second-order valence-corrected chi connectivity index (χ2v) is 8.58. The molecule has 2 N–H and O–H groups in total. The van der Waals surface area contributed by atoms with Crippen LogP contribution in [0.2, 0.25) is 4.34 Å². The van der Waals surface area contributed by atoms with E-state index < -0.39 is 10.0 Å². The van der Waals surface area contributed by atoms with Crippen LogP contribution < -0.4 is 14.9 Å². The summed E-state index contributed by atoms with van der Waals surface area (Å²) in [7, 11) is -3.71. The molecule has 0 radical (unpaired) electrons. The van der Waals surface area contributed by atoms with Gasteiger partial charge in [-0.1, -0.05) is 23.7 Å². The summed E-state index contributed by atoms with van der Waals surface area (Å²) in [5, 5.41) is 2.75. The van der Waals surface area contributed by atoms with Gasteiger partial charge in [-0.15, -0.1) is 11.3 Å². The molecule has 0 bridgehead atoms. The molecule has 0 aliphatic carbocycles. The van der Waals surface area contributed by atoms with Crippen molar-refractivity contribution >= 4 is 50.2 Å². The van der Waals surface area contributed by atoms with Crippen LogP contribution in [0.3, 0.4) is 0 Å². The van der Waals surface area contributed by atoms with Gasteiger partial charge >= 0.3 is 0 Å². The van der Waals surface area contributed by atoms with Crippen molar-refractivity contribution in [3.8, 4) is 0 Å². The number of piperazine rings is 1. The number of rotatable bonds is 4. The number of nitrogens with zero attached hydrogens (tertiary/aromatic N) is 1. The molecule has 9 heteroatoms. The van der Waals surface area contributed by atoms with Crippen molar-refractivity contribution in [2.45, 2.75) is 4.21 Å². The number of hydrogen-bond donors (Lipinski definition) is 2. The Morgan fingerprint density at radius 2 is 2.00 bits per heavy atom. The third-order valence-electron chi connectivity index (χ3n) is 3.34. The Bertz CT molecular complexity index is 835. The minimum absolute atomic E-state index is 0.0843. The van der Waals surface area contributed by atoms with E-state index in [1.165, 1.54) is 6.07 Å². The highest BCUT2D eigenvalue weighted by molar-refractivity contribution is 7.94. The standard InChI is InChI=1S/C14H14ClN3O3S2/c15-12-5-6-14(22-12)23(20,21)17-10-3-1-2-4-11(10)18-8-7-16-13(19)9-18/h1-6,17H,7-9H2,(H,16,19). The Balaban J connectivity index is 1.90. The van der Waals surface area contributed by atoms with Gasteiger partial charge in [0.05, 0.1) is 22.3 Å². The van der Waals surface area contributed by atoms with Crippen LogP contribution in [0, 0.1) is 0 Å². The van der Waals surface area contributed by atoms with Crippen molar-refractivity contribution in [1.29, 1.82) is 0 Å². The Hall–Kier alpha value is -1.77. The molecule has 23 heavy (non-hydrogen) atoms. The number of amides is 1. The summed E-state index contributed by atoms with van der Waals surface area (Å²) in [4.78, 5) is 13.4. The number of carbonyl (C=O) groups excluding carboxylic acids is 1. The third-order valence-corrected chi connectivity index (χ3v) is 6.43. The van der Waals surface area contributed by atoms with E-state index in [4.69, 9.17) is 11.6 Å². The van der Waals surface area contributed by atoms with Crippen molar-refractivity contribution in [3.05, 3.63) is 40.7 Å². The van der Waals surface area contributed by atoms with E-state index >= 15 is 0 Å². The van der Waals surface area contributed by atoms with Gasteiger partial charge in [0.1, 0.15) is 4.21 Å². The maximum atomic E-state index is 12.5. The molecule has 1 aromatic heterocycles. The number of benzene rings is 1. The SMILES string of the molecule is O=C1CN(c2ccccc2NS(=O)(=O)c2ccc(Cl)s2)CCN1. The van der Waals surface area contributed by atoms with Gasteiger partial charge in [-0.2, -0.15) is 0 Å². The fourth-order valence-corrected chi connectivity index (χ4v) is 4.87. The summed E-state index contributed by atoms with van der Waals surface area (Å²) in [5.41, 5.74) is 1.11. The Kier molecular flexibility index (Phi) is 4.47. The molecule has 0 unspecified atom stereocenters. The van der Waals surface area contributed by atoms with Gasteiger partial charge in [-0.05, 0) is 24.3 Å². The highest BCUT2D eigenvalue weighted by Gasteiger charge is 2.22. The van der Waals surface area contributed by atoms with E-state index in [0.29, 0.717) is 28.8 Å². The normalized spacial score (nSPS) is 15.3. The maximum Gasteiger partial charge on any atom is 0.271 e. The molecule has 2 heterocycles. The van der Waals surface area contributed by atoms with Gasteiger partial charge in [0.25, 0.3) is 10.0 Å². The third kappa shape index (κ3) is 3.60. The van der Waals surface area contributed by atoms with Crippen LogP contribution in [0.25, 0.3) is 0 Å². The van der Waals surface area contributed by atoms with E-state index in [1.54, 1.807) is 24.3 Å². The summed E-state index contributed by atoms with van der Waals surface area (Å²) in [5.74, 6) is -0.0843. The lowest BCUT2D eigenvalue weighted by molar-refractivity contribution is -0.120. The summed E-state index contributed by atoms with van der Waals surface area (Å²) >= 11 is 6.81. The van der Waals surface area contributed by atoms with E-state index in [-0.39, 0.29) is 16.7 Å². The summed E-state index contributed by atoms with van der Waals surface area (Å²) < 4.78 is 28.0. The number of carbonyl (C=O) groups is 1. The summed E-state index contributed by atoms with van der Waals surface area (Å²) in [6.07, 6.45) is 0. The minimum Gasteiger partial charge on any atom is -0.359 e. The molecular weight excluding hydrogens is 358 g/mol. The first-order valence-electron chi connectivity index (χ1n) is 6.84. The minimum atomic E-state index is -3.71. The van der Waals surface area contributed by atoms with Crippen LogP contribution in [0.4, 0.5) is 11.4 Å². The number of hydrogen-bond acceptors (Lipinski definition) is 5. The van der Waals surface area contributed by atoms with Gasteiger partial charge in [0, 0.05) is 13.1 Å². The zero-order valence-electron chi connectivity index (χ0n) is 12.0. The Labute approximate surface area is 143 Å². The molecular formula is C14H14ClN3O3S2. The fourth-order valence-electron chi connectivity index (χ4n) is 2.32. The number of anilines is 2. The molecule has 1 aromatic carbocycles. The predicted molar refractivity (Wildman–Crippen MR) is 91.8 cm³/mol. The lowest BCUT2D eigenvalue weighted by atomic mass is 10.2. The van der Waals surface area contributed by atoms with E-state index in [9.17, 15) is 13.2 Å². The molecule has 1 aliphatic heterocycles. The Morgan fingerprint density at radius 3 is 2.70 bits per heavy atom. The molecule has 122 valence electrons. The molecule has 0 saturated carbocycles. The van der Waals surface area contributed by atoms with Crippen molar-refractivity contribution in [2.24, 2.45) is 0 Å². The van der Waals surface area contributed by atoms with Crippen LogP contribution in [0.5, 0.6) is 0 Å². The number of halogens is 1. The Morgan fingerprint density at radius 1 is 1.22 bits per heavy atom. The second kappa shape index (κ2) is 6.38. The number of sulfonamides is 1. The lowest BCUT2D eigenvalue weighted by Crippen LogP contribution is -2.47. The van der Waals surface area contributed by atoms with Crippen molar-refractivity contribution in [1.82, 2.24) is 5.32 Å². The largest absolute Gasteiger partial charge is 0.359 e. The van der Waals surface area contributed by atoms with Gasteiger partial charge in [-0.3, -0.25) is 9.52 Å². The molecule has 3 rings (SSSR count). The topological polar surface area (TPSA) is 78.5 Å². The van der Waals surface area contributed by atoms with Crippen LogP contribution in [-0.2, 0) is 14.8 Å². The molecule has 6 nitrogen and oxygen atoms in total. The summed E-state index contributed by atoms with van der Waals surface area (Å²) in [6.45, 7) is 1.35.